The molecule has 0 aliphatic heterocycles. The second-order valence-corrected chi connectivity index (χ2v) is 3.84. The highest BCUT2D eigenvalue weighted by atomic mass is 16.4. The van der Waals surface area contributed by atoms with Gasteiger partial charge in [-0.3, -0.25) is 0 Å². The van der Waals surface area contributed by atoms with Crippen LogP contribution in [-0.4, -0.2) is 21.0 Å². The molecule has 19 heavy (non-hydrogen) atoms. The van der Waals surface area contributed by atoms with E-state index in [0.29, 0.717) is 16.9 Å². The number of carboxylic acid groups (broad SMARTS) is 1. The highest BCUT2D eigenvalue weighted by Crippen LogP contribution is 2.14. The van der Waals surface area contributed by atoms with Crippen LogP contribution in [0.25, 0.3) is 0 Å². The van der Waals surface area contributed by atoms with Crippen LogP contribution in [0.15, 0.2) is 30.3 Å². The zero-order valence-electron chi connectivity index (χ0n) is 10.1. The SMILES string of the molecule is Cc1cc(C(=O)O)nc(Nc2ccc(C#N)cc2)n1. The third-order valence-corrected chi connectivity index (χ3v) is 2.34. The molecule has 0 bridgehead atoms. The number of benzene rings is 1. The maximum absolute atomic E-state index is 10.9. The topological polar surface area (TPSA) is 98.9 Å². The highest BCUT2D eigenvalue weighted by molar-refractivity contribution is 5.85. The summed E-state index contributed by atoms with van der Waals surface area (Å²) in [4.78, 5) is 18.9. The van der Waals surface area contributed by atoms with E-state index in [0.717, 1.165) is 0 Å². The molecule has 6 heteroatoms. The van der Waals surface area contributed by atoms with Crippen LogP contribution in [0.4, 0.5) is 11.6 Å². The van der Waals surface area contributed by atoms with Crippen LogP contribution in [0.1, 0.15) is 21.7 Å². The lowest BCUT2D eigenvalue weighted by Crippen LogP contribution is -2.06. The molecule has 0 radical (unpaired) electrons. The van der Waals surface area contributed by atoms with E-state index >= 15 is 0 Å². The van der Waals surface area contributed by atoms with E-state index in [4.69, 9.17) is 10.4 Å². The van der Waals surface area contributed by atoms with Crippen molar-refractivity contribution < 1.29 is 9.90 Å². The summed E-state index contributed by atoms with van der Waals surface area (Å²) in [7, 11) is 0. The van der Waals surface area contributed by atoms with E-state index < -0.39 is 5.97 Å². The first-order chi connectivity index (χ1) is 9.08. The Morgan fingerprint density at radius 1 is 1.32 bits per heavy atom. The van der Waals surface area contributed by atoms with Gasteiger partial charge in [0, 0.05) is 11.4 Å². The number of nitrogens with zero attached hydrogens (tertiary/aromatic N) is 3. The summed E-state index contributed by atoms with van der Waals surface area (Å²) in [5.41, 5.74) is 1.72. The third kappa shape index (κ3) is 3.04. The molecule has 0 saturated carbocycles. The van der Waals surface area contributed by atoms with Crippen molar-refractivity contribution in [3.05, 3.63) is 47.3 Å². The molecular formula is C13H10N4O2. The number of anilines is 2. The van der Waals surface area contributed by atoms with Gasteiger partial charge in [0.2, 0.25) is 5.95 Å². The lowest BCUT2D eigenvalue weighted by molar-refractivity contribution is 0.0690. The summed E-state index contributed by atoms with van der Waals surface area (Å²) >= 11 is 0. The number of nitriles is 1. The molecular weight excluding hydrogens is 244 g/mol. The largest absolute Gasteiger partial charge is 0.477 e. The molecule has 2 aromatic rings. The van der Waals surface area contributed by atoms with Gasteiger partial charge in [-0.1, -0.05) is 0 Å². The fourth-order valence-corrected chi connectivity index (χ4v) is 1.49. The van der Waals surface area contributed by atoms with E-state index in [-0.39, 0.29) is 11.6 Å². The van der Waals surface area contributed by atoms with Crippen LogP contribution in [0.3, 0.4) is 0 Å². The molecule has 0 fully saturated rings. The summed E-state index contributed by atoms with van der Waals surface area (Å²) in [6.45, 7) is 1.69. The standard InChI is InChI=1S/C13H10N4O2/c1-8-6-11(12(18)19)17-13(15-8)16-10-4-2-9(7-14)3-5-10/h2-6H,1H3,(H,18,19)(H,15,16,17). The smallest absolute Gasteiger partial charge is 0.354 e. The molecule has 1 aromatic heterocycles. The quantitative estimate of drug-likeness (QED) is 0.870. The van der Waals surface area contributed by atoms with Gasteiger partial charge in [0.1, 0.15) is 0 Å². The predicted molar refractivity (Wildman–Crippen MR) is 68.2 cm³/mol. The molecule has 0 aliphatic carbocycles. The zero-order valence-corrected chi connectivity index (χ0v) is 10.1. The summed E-state index contributed by atoms with van der Waals surface area (Å²) in [5, 5.41) is 20.5. The van der Waals surface area contributed by atoms with E-state index in [1.807, 2.05) is 6.07 Å². The van der Waals surface area contributed by atoms with Gasteiger partial charge in [-0.25, -0.2) is 14.8 Å². The Morgan fingerprint density at radius 3 is 2.58 bits per heavy atom. The Hall–Kier alpha value is -2.94. The number of nitrogens with one attached hydrogen (secondary N) is 1. The zero-order chi connectivity index (χ0) is 13.8. The molecule has 2 rings (SSSR count). The monoisotopic (exact) mass is 254 g/mol. The molecule has 0 atom stereocenters. The van der Waals surface area contributed by atoms with Crippen LogP contribution >= 0.6 is 0 Å². The first kappa shape index (κ1) is 12.5. The maximum Gasteiger partial charge on any atom is 0.354 e. The number of carbonyl (C=O) groups is 1. The summed E-state index contributed by atoms with van der Waals surface area (Å²) in [5.74, 6) is -0.893. The molecule has 2 N–H and O–H groups in total. The number of aromatic nitrogens is 2. The molecule has 1 heterocycles. The van der Waals surface area contributed by atoms with Crippen molar-refractivity contribution in [2.45, 2.75) is 6.92 Å². The minimum absolute atomic E-state index is 0.0661. The van der Waals surface area contributed by atoms with Crippen molar-refractivity contribution in [3.8, 4) is 6.07 Å². The van der Waals surface area contributed by atoms with Crippen molar-refractivity contribution in [2.24, 2.45) is 0 Å². The van der Waals surface area contributed by atoms with Gasteiger partial charge < -0.3 is 10.4 Å². The number of hydrogen-bond acceptors (Lipinski definition) is 5. The Morgan fingerprint density at radius 2 is 2.00 bits per heavy atom. The Bertz CT molecular complexity index is 659. The normalized spacial score (nSPS) is 9.68. The fourth-order valence-electron chi connectivity index (χ4n) is 1.49. The molecule has 94 valence electrons. The number of rotatable bonds is 3. The van der Waals surface area contributed by atoms with E-state index in [1.54, 1.807) is 31.2 Å². The molecule has 0 aliphatic rings. The van der Waals surface area contributed by atoms with E-state index in [9.17, 15) is 4.79 Å². The Balaban J connectivity index is 2.27. The molecule has 6 nitrogen and oxygen atoms in total. The molecule has 0 unspecified atom stereocenters. The first-order valence-corrected chi connectivity index (χ1v) is 5.44. The van der Waals surface area contributed by atoms with Crippen LogP contribution in [-0.2, 0) is 0 Å². The van der Waals surface area contributed by atoms with Gasteiger partial charge in [-0.05, 0) is 37.3 Å². The first-order valence-electron chi connectivity index (χ1n) is 5.44. The second-order valence-electron chi connectivity index (χ2n) is 3.84. The van der Waals surface area contributed by atoms with Crippen molar-refractivity contribution in [1.82, 2.24) is 9.97 Å². The van der Waals surface area contributed by atoms with E-state index in [1.165, 1.54) is 6.07 Å². The van der Waals surface area contributed by atoms with Crippen LogP contribution in [0, 0.1) is 18.3 Å². The summed E-state index contributed by atoms with van der Waals surface area (Å²) in [6, 6.07) is 10.1. The number of aryl methyl sites for hydroxylation is 1. The van der Waals surface area contributed by atoms with Gasteiger partial charge >= 0.3 is 5.97 Å². The maximum atomic E-state index is 10.9. The lowest BCUT2D eigenvalue weighted by Gasteiger charge is -2.06. The number of aromatic carboxylic acids is 1. The van der Waals surface area contributed by atoms with Gasteiger partial charge in [0.15, 0.2) is 5.69 Å². The van der Waals surface area contributed by atoms with Crippen LogP contribution in [0.5, 0.6) is 0 Å². The summed E-state index contributed by atoms with van der Waals surface area (Å²) < 4.78 is 0. The van der Waals surface area contributed by atoms with Crippen LogP contribution in [0.2, 0.25) is 0 Å². The van der Waals surface area contributed by atoms with Gasteiger partial charge in [0.05, 0.1) is 11.6 Å². The van der Waals surface area contributed by atoms with Crippen molar-refractivity contribution in [1.29, 1.82) is 5.26 Å². The number of hydrogen-bond donors (Lipinski definition) is 2. The van der Waals surface area contributed by atoms with Crippen molar-refractivity contribution in [2.75, 3.05) is 5.32 Å². The van der Waals surface area contributed by atoms with Gasteiger partial charge in [0.25, 0.3) is 0 Å². The Kier molecular flexibility index (Phi) is 3.39. The van der Waals surface area contributed by atoms with Gasteiger partial charge in [-0.15, -0.1) is 0 Å². The van der Waals surface area contributed by atoms with Crippen LogP contribution < -0.4 is 5.32 Å². The van der Waals surface area contributed by atoms with Gasteiger partial charge in [-0.2, -0.15) is 5.26 Å². The molecule has 0 amide bonds. The van der Waals surface area contributed by atoms with Crippen molar-refractivity contribution >= 4 is 17.6 Å². The predicted octanol–water partition coefficient (Wildman–Crippen LogP) is 2.10. The minimum Gasteiger partial charge on any atom is -0.477 e. The minimum atomic E-state index is -1.10. The average Bonchev–Trinajstić information content (AvgIpc) is 2.39. The number of carboxylic acids is 1. The van der Waals surface area contributed by atoms with E-state index in [2.05, 4.69) is 15.3 Å². The molecule has 0 saturated heterocycles. The fraction of sp³-hybridized carbons (Fsp3) is 0.0769. The van der Waals surface area contributed by atoms with Crippen molar-refractivity contribution in [3.63, 3.8) is 0 Å². The molecule has 0 spiro atoms. The second kappa shape index (κ2) is 5.14. The highest BCUT2D eigenvalue weighted by Gasteiger charge is 2.08. The molecule has 1 aromatic carbocycles. The Labute approximate surface area is 109 Å². The lowest BCUT2D eigenvalue weighted by atomic mass is 10.2. The average molecular weight is 254 g/mol. The third-order valence-electron chi connectivity index (χ3n) is 2.34. The summed E-state index contributed by atoms with van der Waals surface area (Å²) in [6.07, 6.45) is 0.